The zero-order valence-electron chi connectivity index (χ0n) is 11.7. The molecule has 1 atom stereocenters. The average Bonchev–Trinajstić information content (AvgIpc) is 2.39. The van der Waals surface area contributed by atoms with Crippen LogP contribution in [0.25, 0.3) is 0 Å². The molecule has 1 aromatic rings. The van der Waals surface area contributed by atoms with E-state index in [1.54, 1.807) is 6.07 Å². The van der Waals surface area contributed by atoms with Crippen LogP contribution in [0.1, 0.15) is 13.3 Å². The summed E-state index contributed by atoms with van der Waals surface area (Å²) < 4.78 is 10.1. The molecule has 0 bridgehead atoms. The zero-order chi connectivity index (χ0) is 15.0. The lowest BCUT2D eigenvalue weighted by Crippen LogP contribution is -2.18. The first-order valence-corrected chi connectivity index (χ1v) is 6.40. The van der Waals surface area contributed by atoms with Crippen molar-refractivity contribution in [2.24, 2.45) is 0 Å². The van der Waals surface area contributed by atoms with Crippen molar-refractivity contribution < 1.29 is 19.5 Å². The topological polar surface area (TPSA) is 93.9 Å². The van der Waals surface area contributed by atoms with Gasteiger partial charge >= 0.3 is 0 Å². The SMILES string of the molecule is CCOc1cc(NCCC(O)COC)cc([N+](=O)[O-])c1. The summed E-state index contributed by atoms with van der Waals surface area (Å²) in [4.78, 5) is 10.4. The Morgan fingerprint density at radius 1 is 1.45 bits per heavy atom. The van der Waals surface area contributed by atoms with Gasteiger partial charge in [0.15, 0.2) is 0 Å². The summed E-state index contributed by atoms with van der Waals surface area (Å²) >= 11 is 0. The number of aliphatic hydroxyl groups is 1. The van der Waals surface area contributed by atoms with Crippen molar-refractivity contribution >= 4 is 11.4 Å². The molecule has 0 amide bonds. The highest BCUT2D eigenvalue weighted by atomic mass is 16.6. The van der Waals surface area contributed by atoms with Crippen LogP contribution in [0.3, 0.4) is 0 Å². The van der Waals surface area contributed by atoms with Gasteiger partial charge in [0.25, 0.3) is 5.69 Å². The van der Waals surface area contributed by atoms with Gasteiger partial charge in [-0.3, -0.25) is 10.1 Å². The van der Waals surface area contributed by atoms with E-state index < -0.39 is 11.0 Å². The van der Waals surface area contributed by atoms with Crippen molar-refractivity contribution in [3.8, 4) is 5.75 Å². The number of ether oxygens (including phenoxy) is 2. The number of anilines is 1. The number of hydrogen-bond acceptors (Lipinski definition) is 6. The lowest BCUT2D eigenvalue weighted by molar-refractivity contribution is -0.384. The highest BCUT2D eigenvalue weighted by Gasteiger charge is 2.11. The average molecular weight is 284 g/mol. The Labute approximate surface area is 117 Å². The molecular weight excluding hydrogens is 264 g/mol. The first-order chi connectivity index (χ1) is 9.56. The van der Waals surface area contributed by atoms with Crippen molar-refractivity contribution in [2.45, 2.75) is 19.4 Å². The summed E-state index contributed by atoms with van der Waals surface area (Å²) in [6.45, 7) is 3.00. The fourth-order valence-corrected chi connectivity index (χ4v) is 1.70. The normalized spacial score (nSPS) is 11.9. The molecular formula is C13H20N2O5. The summed E-state index contributed by atoms with van der Waals surface area (Å²) in [5, 5.41) is 23.4. The van der Waals surface area contributed by atoms with Crippen molar-refractivity contribution in [1.29, 1.82) is 0 Å². The third-order valence-corrected chi connectivity index (χ3v) is 2.58. The Morgan fingerprint density at radius 2 is 2.20 bits per heavy atom. The van der Waals surface area contributed by atoms with Gasteiger partial charge in [-0.1, -0.05) is 0 Å². The molecule has 0 fully saturated rings. The summed E-state index contributed by atoms with van der Waals surface area (Å²) in [5.74, 6) is 0.446. The fraction of sp³-hybridized carbons (Fsp3) is 0.538. The van der Waals surface area contributed by atoms with Crippen LogP contribution in [0, 0.1) is 10.1 Å². The van der Waals surface area contributed by atoms with E-state index >= 15 is 0 Å². The second-order valence-electron chi connectivity index (χ2n) is 4.23. The molecule has 7 heteroatoms. The Bertz CT molecular complexity index is 439. The zero-order valence-corrected chi connectivity index (χ0v) is 11.7. The summed E-state index contributed by atoms with van der Waals surface area (Å²) in [7, 11) is 1.52. The molecule has 0 aliphatic rings. The van der Waals surface area contributed by atoms with Crippen molar-refractivity contribution in [2.75, 3.05) is 32.2 Å². The van der Waals surface area contributed by atoms with Crippen molar-refractivity contribution in [1.82, 2.24) is 0 Å². The number of methoxy groups -OCH3 is 1. The molecule has 2 N–H and O–H groups in total. The minimum atomic E-state index is -0.558. The van der Waals surface area contributed by atoms with Crippen LogP contribution in [-0.2, 0) is 4.74 Å². The van der Waals surface area contributed by atoms with E-state index in [9.17, 15) is 15.2 Å². The van der Waals surface area contributed by atoms with Gasteiger partial charge in [0.05, 0.1) is 30.3 Å². The minimum absolute atomic E-state index is 0.0316. The Kier molecular flexibility index (Phi) is 6.75. The second kappa shape index (κ2) is 8.34. The third kappa shape index (κ3) is 5.41. The van der Waals surface area contributed by atoms with Gasteiger partial charge in [-0.25, -0.2) is 0 Å². The Balaban J connectivity index is 2.66. The Hall–Kier alpha value is -1.86. The third-order valence-electron chi connectivity index (χ3n) is 2.58. The number of nitro benzene ring substituents is 1. The number of nitro groups is 1. The number of benzene rings is 1. The molecule has 0 aliphatic carbocycles. The molecule has 0 spiro atoms. The van der Waals surface area contributed by atoms with Gasteiger partial charge in [0.2, 0.25) is 0 Å². The van der Waals surface area contributed by atoms with E-state index in [4.69, 9.17) is 9.47 Å². The smallest absolute Gasteiger partial charge is 0.275 e. The number of non-ortho nitro benzene ring substituents is 1. The van der Waals surface area contributed by atoms with E-state index in [0.717, 1.165) is 0 Å². The lowest BCUT2D eigenvalue weighted by Gasteiger charge is -2.12. The molecule has 0 saturated heterocycles. The van der Waals surface area contributed by atoms with Crippen LogP contribution in [0.2, 0.25) is 0 Å². The number of hydrogen-bond donors (Lipinski definition) is 2. The quantitative estimate of drug-likeness (QED) is 0.530. The number of rotatable bonds is 9. The molecule has 112 valence electrons. The fourth-order valence-electron chi connectivity index (χ4n) is 1.70. The van der Waals surface area contributed by atoms with E-state index in [1.807, 2.05) is 6.92 Å². The van der Waals surface area contributed by atoms with Gasteiger partial charge < -0.3 is 19.9 Å². The van der Waals surface area contributed by atoms with Crippen LogP contribution in [0.15, 0.2) is 18.2 Å². The maximum absolute atomic E-state index is 10.8. The number of nitrogens with one attached hydrogen (secondary N) is 1. The van der Waals surface area contributed by atoms with Gasteiger partial charge in [-0.2, -0.15) is 0 Å². The molecule has 1 unspecified atom stereocenters. The maximum atomic E-state index is 10.8. The highest BCUT2D eigenvalue weighted by Crippen LogP contribution is 2.26. The molecule has 0 radical (unpaired) electrons. The van der Waals surface area contributed by atoms with E-state index in [-0.39, 0.29) is 12.3 Å². The van der Waals surface area contributed by atoms with Gasteiger partial charge in [-0.15, -0.1) is 0 Å². The summed E-state index contributed by atoms with van der Waals surface area (Å²) in [5.41, 5.74) is 0.558. The molecule has 20 heavy (non-hydrogen) atoms. The standard InChI is InChI=1S/C13H20N2O5/c1-3-20-13-7-10(6-11(8-13)15(17)18)14-5-4-12(16)9-19-2/h6-8,12,14,16H,3-5,9H2,1-2H3. The second-order valence-corrected chi connectivity index (χ2v) is 4.23. The molecule has 0 aromatic heterocycles. The van der Waals surface area contributed by atoms with Gasteiger partial charge in [0, 0.05) is 31.5 Å². The van der Waals surface area contributed by atoms with Crippen molar-refractivity contribution in [3.05, 3.63) is 28.3 Å². The molecule has 0 saturated carbocycles. The van der Waals surface area contributed by atoms with Crippen LogP contribution in [0.4, 0.5) is 11.4 Å². The first kappa shape index (κ1) is 16.2. The molecule has 1 rings (SSSR count). The van der Waals surface area contributed by atoms with E-state index in [1.165, 1.54) is 19.2 Å². The van der Waals surface area contributed by atoms with Crippen LogP contribution >= 0.6 is 0 Å². The predicted octanol–water partition coefficient (Wildman–Crippen LogP) is 1.80. The predicted molar refractivity (Wildman–Crippen MR) is 75.3 cm³/mol. The first-order valence-electron chi connectivity index (χ1n) is 6.40. The maximum Gasteiger partial charge on any atom is 0.275 e. The molecule has 1 aromatic carbocycles. The minimum Gasteiger partial charge on any atom is -0.494 e. The van der Waals surface area contributed by atoms with Crippen LogP contribution < -0.4 is 10.1 Å². The number of nitrogens with zero attached hydrogens (tertiary/aromatic N) is 1. The summed E-state index contributed by atoms with van der Waals surface area (Å²) in [6.07, 6.45) is -0.0712. The van der Waals surface area contributed by atoms with Crippen LogP contribution in [0.5, 0.6) is 5.75 Å². The summed E-state index contributed by atoms with van der Waals surface area (Å²) in [6, 6.07) is 4.51. The lowest BCUT2D eigenvalue weighted by atomic mass is 10.2. The van der Waals surface area contributed by atoms with E-state index in [2.05, 4.69) is 5.32 Å². The monoisotopic (exact) mass is 284 g/mol. The largest absolute Gasteiger partial charge is 0.494 e. The van der Waals surface area contributed by atoms with E-state index in [0.29, 0.717) is 31.0 Å². The van der Waals surface area contributed by atoms with Crippen LogP contribution in [-0.4, -0.2) is 43.0 Å². The number of aliphatic hydroxyl groups excluding tert-OH is 1. The highest BCUT2D eigenvalue weighted by molar-refractivity contribution is 5.56. The van der Waals surface area contributed by atoms with Gasteiger partial charge in [0.1, 0.15) is 5.75 Å². The molecule has 7 nitrogen and oxygen atoms in total. The molecule has 0 aliphatic heterocycles. The van der Waals surface area contributed by atoms with Gasteiger partial charge in [-0.05, 0) is 13.3 Å². The van der Waals surface area contributed by atoms with Crippen molar-refractivity contribution in [3.63, 3.8) is 0 Å². The molecule has 0 heterocycles. The Morgan fingerprint density at radius 3 is 2.80 bits per heavy atom.